The molecule has 0 aliphatic heterocycles. The van der Waals surface area contributed by atoms with Gasteiger partial charge in [0, 0.05) is 10.8 Å². The van der Waals surface area contributed by atoms with E-state index in [2.05, 4.69) is 4.98 Å². The lowest BCUT2D eigenvalue weighted by molar-refractivity contribution is -0.138. The number of aliphatic hydroxyl groups excluding tert-OH is 1. The summed E-state index contributed by atoms with van der Waals surface area (Å²) in [5, 5.41) is 21.7. The molecular formula is C20H14ClF3N2O2S2. The fourth-order valence-corrected chi connectivity index (χ4v) is 4.18. The highest BCUT2D eigenvalue weighted by Crippen LogP contribution is 2.38. The number of aromatic nitrogens is 1. The minimum atomic E-state index is -4.70. The van der Waals surface area contributed by atoms with Crippen molar-refractivity contribution in [3.05, 3.63) is 64.0 Å². The molecule has 30 heavy (non-hydrogen) atoms. The molecular weight excluding hydrogens is 457 g/mol. The molecule has 1 aromatic carbocycles. The van der Waals surface area contributed by atoms with Gasteiger partial charge < -0.3 is 9.84 Å². The van der Waals surface area contributed by atoms with E-state index >= 15 is 0 Å². The number of pyridine rings is 1. The van der Waals surface area contributed by atoms with E-state index in [1.807, 2.05) is 0 Å². The molecule has 3 aromatic rings. The molecule has 2 heterocycles. The molecule has 0 radical (unpaired) electrons. The number of hydrogen-bond acceptors (Lipinski definition) is 6. The Bertz CT molecular complexity index is 1040. The van der Waals surface area contributed by atoms with E-state index in [0.29, 0.717) is 15.6 Å². The van der Waals surface area contributed by atoms with E-state index in [1.54, 1.807) is 47.8 Å². The molecule has 4 nitrogen and oxygen atoms in total. The zero-order valence-electron chi connectivity index (χ0n) is 15.2. The van der Waals surface area contributed by atoms with Crippen molar-refractivity contribution in [3.8, 4) is 22.4 Å². The fraction of sp³-hybridized carbons (Fsp3) is 0.200. The van der Waals surface area contributed by atoms with Crippen molar-refractivity contribution < 1.29 is 23.0 Å². The Labute approximate surface area is 183 Å². The number of rotatable bonds is 7. The molecule has 2 aromatic heterocycles. The number of hydrogen-bond donors (Lipinski definition) is 1. The van der Waals surface area contributed by atoms with Gasteiger partial charge in [-0.3, -0.25) is 0 Å². The predicted octanol–water partition coefficient (Wildman–Crippen LogP) is 5.89. The van der Waals surface area contributed by atoms with Crippen molar-refractivity contribution in [2.24, 2.45) is 0 Å². The monoisotopic (exact) mass is 470 g/mol. The number of thioether (sulfide) groups is 1. The molecule has 0 aliphatic rings. The zero-order chi connectivity index (χ0) is 21.7. The van der Waals surface area contributed by atoms with Gasteiger partial charge in [-0.2, -0.15) is 18.4 Å². The van der Waals surface area contributed by atoms with Gasteiger partial charge in [0.1, 0.15) is 23.5 Å². The normalized spacial score (nSPS) is 12.4. The summed E-state index contributed by atoms with van der Waals surface area (Å²) in [6, 6.07) is 12.4. The minimum absolute atomic E-state index is 0.000457. The predicted molar refractivity (Wildman–Crippen MR) is 111 cm³/mol. The van der Waals surface area contributed by atoms with Crippen molar-refractivity contribution in [3.63, 3.8) is 0 Å². The molecule has 156 valence electrons. The van der Waals surface area contributed by atoms with Crippen LogP contribution in [0.5, 0.6) is 5.75 Å². The first-order valence-corrected chi connectivity index (χ1v) is 10.8. The average molecular weight is 471 g/mol. The van der Waals surface area contributed by atoms with Gasteiger partial charge in [-0.1, -0.05) is 17.7 Å². The van der Waals surface area contributed by atoms with Crippen molar-refractivity contribution in [1.29, 1.82) is 5.26 Å². The van der Waals surface area contributed by atoms with Gasteiger partial charge >= 0.3 is 6.18 Å². The molecule has 10 heteroatoms. The lowest BCUT2D eigenvalue weighted by atomic mass is 10.1. The molecule has 0 aliphatic carbocycles. The average Bonchev–Trinajstić information content (AvgIpc) is 3.25. The third-order valence-electron chi connectivity index (χ3n) is 3.85. The van der Waals surface area contributed by atoms with Crippen molar-refractivity contribution in [1.82, 2.24) is 4.98 Å². The maximum absolute atomic E-state index is 13.5. The van der Waals surface area contributed by atoms with E-state index in [0.717, 1.165) is 17.8 Å². The van der Waals surface area contributed by atoms with E-state index < -0.39 is 23.4 Å². The lowest BCUT2D eigenvalue weighted by Gasteiger charge is -2.15. The summed E-state index contributed by atoms with van der Waals surface area (Å²) in [6.07, 6.45) is -5.69. The van der Waals surface area contributed by atoms with Crippen LogP contribution in [0.25, 0.3) is 10.6 Å². The van der Waals surface area contributed by atoms with Crippen molar-refractivity contribution >= 4 is 34.7 Å². The highest BCUT2D eigenvalue weighted by Gasteiger charge is 2.36. The third-order valence-corrected chi connectivity index (χ3v) is 6.11. The maximum Gasteiger partial charge on any atom is 0.417 e. The SMILES string of the molecule is N#Cc1c(C(F)(F)F)cc(-c2cccs2)nc1SC[C@@H](O)COc1ccc(Cl)cc1. The van der Waals surface area contributed by atoms with E-state index in [4.69, 9.17) is 16.3 Å². The van der Waals surface area contributed by atoms with E-state index in [-0.39, 0.29) is 23.1 Å². The molecule has 0 fully saturated rings. The first-order valence-electron chi connectivity index (χ1n) is 8.53. The Balaban J connectivity index is 1.77. The van der Waals surface area contributed by atoms with Gasteiger partial charge in [0.2, 0.25) is 0 Å². The summed E-state index contributed by atoms with van der Waals surface area (Å²) in [7, 11) is 0. The summed E-state index contributed by atoms with van der Waals surface area (Å²) in [6.45, 7) is -0.0761. The van der Waals surface area contributed by atoms with Crippen LogP contribution in [0, 0.1) is 11.3 Å². The second-order valence-electron chi connectivity index (χ2n) is 6.05. The second kappa shape index (κ2) is 9.71. The van der Waals surface area contributed by atoms with Crippen molar-refractivity contribution in [2.75, 3.05) is 12.4 Å². The van der Waals surface area contributed by atoms with Gasteiger partial charge in [0.25, 0.3) is 0 Å². The van der Waals surface area contributed by atoms with Crippen LogP contribution in [0.3, 0.4) is 0 Å². The van der Waals surface area contributed by atoms with Crippen LogP contribution in [-0.2, 0) is 6.18 Å². The molecule has 1 N–H and O–H groups in total. The van der Waals surface area contributed by atoms with Gasteiger partial charge in [-0.25, -0.2) is 4.98 Å². The van der Waals surface area contributed by atoms with E-state index in [1.165, 1.54) is 11.3 Å². The second-order valence-corrected chi connectivity index (χ2v) is 8.44. The molecule has 3 rings (SSSR count). The smallest absolute Gasteiger partial charge is 0.417 e. The molecule has 0 unspecified atom stereocenters. The first kappa shape index (κ1) is 22.4. The van der Waals surface area contributed by atoms with Crippen LogP contribution >= 0.6 is 34.7 Å². The number of alkyl halides is 3. The quantitative estimate of drug-likeness (QED) is 0.436. The number of ether oxygens (including phenoxy) is 1. The van der Waals surface area contributed by atoms with Crippen LogP contribution < -0.4 is 4.74 Å². The molecule has 0 bridgehead atoms. The number of halogens is 4. The summed E-state index contributed by atoms with van der Waals surface area (Å²) in [5.41, 5.74) is -1.47. The molecule has 0 spiro atoms. The van der Waals surface area contributed by atoms with Crippen LogP contribution in [0.2, 0.25) is 5.02 Å². The van der Waals surface area contributed by atoms with Gasteiger partial charge in [-0.05, 0) is 41.8 Å². The fourth-order valence-electron chi connectivity index (χ4n) is 2.45. The largest absolute Gasteiger partial charge is 0.491 e. The van der Waals surface area contributed by atoms with Crippen LogP contribution in [0.4, 0.5) is 13.2 Å². The zero-order valence-corrected chi connectivity index (χ0v) is 17.6. The van der Waals surface area contributed by atoms with Crippen molar-refractivity contribution in [2.45, 2.75) is 17.3 Å². The Morgan fingerprint density at radius 1 is 1.27 bits per heavy atom. The summed E-state index contributed by atoms with van der Waals surface area (Å²) in [5.74, 6) is 0.499. The number of nitriles is 1. The number of nitrogens with zero attached hydrogens (tertiary/aromatic N) is 2. The summed E-state index contributed by atoms with van der Waals surface area (Å²) < 4.78 is 46.0. The van der Waals surface area contributed by atoms with E-state index in [9.17, 15) is 23.5 Å². The van der Waals surface area contributed by atoms with Gasteiger partial charge in [0.15, 0.2) is 0 Å². The third kappa shape index (κ3) is 5.67. The minimum Gasteiger partial charge on any atom is -0.491 e. The highest BCUT2D eigenvalue weighted by molar-refractivity contribution is 7.99. The van der Waals surface area contributed by atoms with Crippen LogP contribution in [-0.4, -0.2) is 28.6 Å². The highest BCUT2D eigenvalue weighted by atomic mass is 35.5. The number of benzene rings is 1. The Morgan fingerprint density at radius 2 is 2.00 bits per heavy atom. The molecule has 0 saturated carbocycles. The lowest BCUT2D eigenvalue weighted by Crippen LogP contribution is -2.20. The summed E-state index contributed by atoms with van der Waals surface area (Å²) >= 11 is 7.92. The Hall–Kier alpha value is -2.25. The summed E-state index contributed by atoms with van der Waals surface area (Å²) in [4.78, 5) is 4.80. The number of thiophene rings is 1. The van der Waals surface area contributed by atoms with Crippen LogP contribution in [0.1, 0.15) is 11.1 Å². The Morgan fingerprint density at radius 3 is 2.60 bits per heavy atom. The topological polar surface area (TPSA) is 66.1 Å². The maximum atomic E-state index is 13.5. The Kier molecular flexibility index (Phi) is 7.26. The van der Waals surface area contributed by atoms with Gasteiger partial charge in [0.05, 0.1) is 27.8 Å². The van der Waals surface area contributed by atoms with Gasteiger partial charge in [-0.15, -0.1) is 23.1 Å². The molecule has 0 saturated heterocycles. The van der Waals surface area contributed by atoms with Crippen LogP contribution in [0.15, 0.2) is 52.9 Å². The molecule has 1 atom stereocenters. The number of aliphatic hydroxyl groups is 1. The molecule has 0 amide bonds. The standard InChI is InChI=1S/C20H14ClF3N2O2S2/c21-12-3-5-14(6-4-12)28-10-13(27)11-30-19-15(9-25)16(20(22,23)24)8-17(26-19)18-2-1-7-29-18/h1-8,13,27H,10-11H2/t13-/m0/s1. The first-order chi connectivity index (χ1) is 14.3.